The predicted molar refractivity (Wildman–Crippen MR) is 101 cm³/mol. The second-order valence-corrected chi connectivity index (χ2v) is 6.78. The molecule has 5 heteroatoms. The zero-order chi connectivity index (χ0) is 15.9. The van der Waals surface area contributed by atoms with E-state index in [9.17, 15) is 0 Å². The summed E-state index contributed by atoms with van der Waals surface area (Å²) < 4.78 is 1.19. The minimum absolute atomic E-state index is 0.712. The quantitative estimate of drug-likeness (QED) is 0.526. The predicted octanol–water partition coefficient (Wildman–Crippen LogP) is 5.27. The summed E-state index contributed by atoms with van der Waals surface area (Å²) in [4.78, 5) is 11.0. The smallest absolute Gasteiger partial charge is 0.145 e. The fourth-order valence-corrected chi connectivity index (χ4v) is 3.57. The number of halogens is 2. The Labute approximate surface area is 148 Å². The van der Waals surface area contributed by atoms with Gasteiger partial charge in [0.25, 0.3) is 0 Å². The molecule has 0 amide bonds. The maximum atomic E-state index is 6.11. The van der Waals surface area contributed by atoms with Crippen molar-refractivity contribution in [2.75, 3.05) is 11.9 Å². The van der Waals surface area contributed by atoms with E-state index in [0.29, 0.717) is 5.02 Å². The van der Waals surface area contributed by atoms with Crippen LogP contribution in [0.5, 0.6) is 0 Å². The number of fused-ring (bicyclic) bond motifs is 1. The fraction of sp³-hybridized carbons (Fsp3) is 0.176. The summed E-state index contributed by atoms with van der Waals surface area (Å²) in [6.07, 6.45) is 1.61. The van der Waals surface area contributed by atoms with Crippen LogP contribution in [0.3, 0.4) is 0 Å². The molecule has 3 aromatic rings. The maximum Gasteiger partial charge on any atom is 0.145 e. The van der Waals surface area contributed by atoms with Crippen LogP contribution < -0.4 is 4.90 Å². The molecule has 112 valence electrons. The van der Waals surface area contributed by atoms with E-state index in [-0.39, 0.29) is 0 Å². The summed E-state index contributed by atoms with van der Waals surface area (Å²) >= 11 is 8.49. The van der Waals surface area contributed by atoms with Crippen LogP contribution in [0.1, 0.15) is 11.1 Å². The fourth-order valence-electron chi connectivity index (χ4n) is 2.44. The molecule has 0 aliphatic heterocycles. The monoisotopic (exact) mass is 423 g/mol. The number of rotatable bonds is 2. The molecule has 0 saturated heterocycles. The van der Waals surface area contributed by atoms with Crippen molar-refractivity contribution < 1.29 is 0 Å². The Balaban J connectivity index is 2.25. The summed E-state index contributed by atoms with van der Waals surface area (Å²) in [5, 5.41) is 1.79. The first-order valence-electron chi connectivity index (χ1n) is 6.88. The Hall–Kier alpha value is -1.40. The van der Waals surface area contributed by atoms with Crippen molar-refractivity contribution in [1.82, 2.24) is 9.97 Å². The summed E-state index contributed by atoms with van der Waals surface area (Å²) in [5.41, 5.74) is 4.48. The SMILES string of the molecule is Cc1cc2ncnc(N(C)c3cccc(Cl)c3)c2c(I)c1C. The van der Waals surface area contributed by atoms with Crippen molar-refractivity contribution in [1.29, 1.82) is 0 Å². The van der Waals surface area contributed by atoms with E-state index >= 15 is 0 Å². The molecule has 0 N–H and O–H groups in total. The van der Waals surface area contributed by atoms with Crippen molar-refractivity contribution in [2.24, 2.45) is 0 Å². The summed E-state index contributed by atoms with van der Waals surface area (Å²) in [6, 6.07) is 9.88. The third kappa shape index (κ3) is 2.65. The van der Waals surface area contributed by atoms with Crippen LogP contribution in [0.2, 0.25) is 5.02 Å². The van der Waals surface area contributed by atoms with Gasteiger partial charge in [-0.15, -0.1) is 0 Å². The Morgan fingerprint density at radius 1 is 1.14 bits per heavy atom. The van der Waals surface area contributed by atoms with E-state index in [1.165, 1.54) is 14.7 Å². The van der Waals surface area contributed by atoms with Crippen molar-refractivity contribution in [3.8, 4) is 0 Å². The average Bonchev–Trinajstić information content (AvgIpc) is 2.51. The molecule has 3 nitrogen and oxygen atoms in total. The average molecular weight is 424 g/mol. The van der Waals surface area contributed by atoms with Gasteiger partial charge in [-0.25, -0.2) is 9.97 Å². The molecule has 0 radical (unpaired) electrons. The molecule has 22 heavy (non-hydrogen) atoms. The highest BCUT2D eigenvalue weighted by molar-refractivity contribution is 14.1. The Morgan fingerprint density at radius 3 is 2.64 bits per heavy atom. The largest absolute Gasteiger partial charge is 0.329 e. The molecule has 2 aromatic carbocycles. The van der Waals surface area contributed by atoms with Crippen LogP contribution in [0, 0.1) is 17.4 Å². The molecule has 3 rings (SSSR count). The highest BCUT2D eigenvalue weighted by atomic mass is 127. The normalized spacial score (nSPS) is 11.0. The first-order valence-corrected chi connectivity index (χ1v) is 8.34. The highest BCUT2D eigenvalue weighted by Crippen LogP contribution is 2.34. The van der Waals surface area contributed by atoms with Gasteiger partial charge in [0, 0.05) is 21.3 Å². The van der Waals surface area contributed by atoms with Gasteiger partial charge in [-0.3, -0.25) is 0 Å². The van der Waals surface area contributed by atoms with Crippen LogP contribution in [0.4, 0.5) is 11.5 Å². The van der Waals surface area contributed by atoms with Crippen LogP contribution in [-0.4, -0.2) is 17.0 Å². The molecule has 0 spiro atoms. The number of aromatic nitrogens is 2. The van der Waals surface area contributed by atoms with Gasteiger partial charge in [-0.2, -0.15) is 0 Å². The molecular formula is C17H15ClIN3. The topological polar surface area (TPSA) is 29.0 Å². The van der Waals surface area contributed by atoms with Crippen LogP contribution >= 0.6 is 34.2 Å². The molecule has 0 saturated carbocycles. The zero-order valence-electron chi connectivity index (χ0n) is 12.6. The number of hydrogen-bond donors (Lipinski definition) is 0. The van der Waals surface area contributed by atoms with Crippen molar-refractivity contribution >= 4 is 56.6 Å². The maximum absolute atomic E-state index is 6.11. The summed E-state index contributed by atoms with van der Waals surface area (Å²) in [7, 11) is 2.00. The molecule has 0 bridgehead atoms. The van der Waals surface area contributed by atoms with Gasteiger partial charge in [0.2, 0.25) is 0 Å². The van der Waals surface area contributed by atoms with Crippen LogP contribution in [0.25, 0.3) is 10.9 Å². The Kier molecular flexibility index (Phi) is 4.23. The van der Waals surface area contributed by atoms with Crippen molar-refractivity contribution in [3.63, 3.8) is 0 Å². The lowest BCUT2D eigenvalue weighted by Crippen LogP contribution is -2.12. The third-order valence-corrected chi connectivity index (χ3v) is 5.45. The van der Waals surface area contributed by atoms with Gasteiger partial charge in [-0.05, 0) is 71.8 Å². The van der Waals surface area contributed by atoms with E-state index in [0.717, 1.165) is 22.4 Å². The minimum Gasteiger partial charge on any atom is -0.329 e. The molecule has 0 atom stereocenters. The van der Waals surface area contributed by atoms with E-state index in [2.05, 4.69) is 52.5 Å². The summed E-state index contributed by atoms with van der Waals surface area (Å²) in [6.45, 7) is 4.24. The number of hydrogen-bond acceptors (Lipinski definition) is 3. The van der Waals surface area contributed by atoms with Crippen molar-refractivity contribution in [2.45, 2.75) is 13.8 Å². The molecular weight excluding hydrogens is 409 g/mol. The first kappa shape index (κ1) is 15.5. The van der Waals surface area contributed by atoms with Crippen LogP contribution in [-0.2, 0) is 0 Å². The van der Waals surface area contributed by atoms with Crippen molar-refractivity contribution in [3.05, 3.63) is 56.4 Å². The second-order valence-electron chi connectivity index (χ2n) is 5.26. The number of anilines is 2. The molecule has 1 heterocycles. The third-order valence-electron chi connectivity index (χ3n) is 3.86. The molecule has 0 aliphatic carbocycles. The van der Waals surface area contributed by atoms with Gasteiger partial charge >= 0.3 is 0 Å². The van der Waals surface area contributed by atoms with E-state index in [1.807, 2.05) is 36.2 Å². The molecule has 1 aromatic heterocycles. The van der Waals surface area contributed by atoms with Gasteiger partial charge in [-0.1, -0.05) is 17.7 Å². The number of benzene rings is 2. The zero-order valence-corrected chi connectivity index (χ0v) is 15.5. The lowest BCUT2D eigenvalue weighted by Gasteiger charge is -2.21. The Morgan fingerprint density at radius 2 is 1.91 bits per heavy atom. The lowest BCUT2D eigenvalue weighted by atomic mass is 10.1. The molecule has 0 fully saturated rings. The van der Waals surface area contributed by atoms with Gasteiger partial charge < -0.3 is 4.90 Å². The lowest BCUT2D eigenvalue weighted by molar-refractivity contribution is 1.11. The van der Waals surface area contributed by atoms with E-state index < -0.39 is 0 Å². The Bertz CT molecular complexity index is 864. The first-order chi connectivity index (χ1) is 10.5. The van der Waals surface area contributed by atoms with Crippen LogP contribution in [0.15, 0.2) is 36.7 Å². The minimum atomic E-state index is 0.712. The molecule has 0 unspecified atom stereocenters. The van der Waals surface area contributed by atoms with Gasteiger partial charge in [0.1, 0.15) is 12.1 Å². The number of nitrogens with zero attached hydrogens (tertiary/aromatic N) is 3. The van der Waals surface area contributed by atoms with Gasteiger partial charge in [0.05, 0.1) is 10.9 Å². The standard InChI is InChI=1S/C17H15ClIN3/c1-10-7-14-15(16(19)11(10)2)17(21-9-20-14)22(3)13-6-4-5-12(18)8-13/h4-9H,1-3H3. The highest BCUT2D eigenvalue weighted by Gasteiger charge is 2.15. The second kappa shape index (κ2) is 6.01. The van der Waals surface area contributed by atoms with E-state index in [1.54, 1.807) is 6.33 Å². The van der Waals surface area contributed by atoms with E-state index in [4.69, 9.17) is 11.6 Å². The van der Waals surface area contributed by atoms with Gasteiger partial charge in [0.15, 0.2) is 0 Å². The molecule has 0 aliphatic rings. The summed E-state index contributed by atoms with van der Waals surface area (Å²) in [5.74, 6) is 0.889. The number of aryl methyl sites for hydroxylation is 1.